The fourth-order valence-electron chi connectivity index (χ4n) is 2.41. The van der Waals surface area contributed by atoms with E-state index in [-0.39, 0.29) is 55.0 Å². The molecule has 0 aliphatic carbocycles. The molecule has 34 heavy (non-hydrogen) atoms. The third kappa shape index (κ3) is 7.55. The monoisotopic (exact) mass is 562 g/mol. The van der Waals surface area contributed by atoms with Crippen molar-refractivity contribution in [2.45, 2.75) is 4.90 Å². The normalized spacial score (nSPS) is 10.1. The zero-order valence-electron chi connectivity index (χ0n) is 16.7. The van der Waals surface area contributed by atoms with Crippen LogP contribution in [0.3, 0.4) is 0 Å². The maximum atomic E-state index is 11.9. The predicted octanol–water partition coefficient (Wildman–Crippen LogP) is 0.439. The number of non-ortho nitro benzene ring substituents is 1. The summed E-state index contributed by atoms with van der Waals surface area (Å²) in [5.74, 6) is -0.974. The second-order valence-electron chi connectivity index (χ2n) is 5.61. The molecule has 0 aliphatic heterocycles. The molecule has 0 unspecified atom stereocenters. The molecule has 0 saturated heterocycles. The summed E-state index contributed by atoms with van der Waals surface area (Å²) in [5, 5.41) is 29.5. The van der Waals surface area contributed by atoms with Crippen LogP contribution < -0.4 is 11.5 Å². The zero-order valence-corrected chi connectivity index (χ0v) is 19.3. The zero-order chi connectivity index (χ0) is 23.2. The Morgan fingerprint density at radius 2 is 1.68 bits per heavy atom. The van der Waals surface area contributed by atoms with Gasteiger partial charge in [-0.3, -0.25) is 15.1 Å². The molecule has 1 heterocycles. The number of azo groups is 1. The summed E-state index contributed by atoms with van der Waals surface area (Å²) < 4.78 is 27.0. The molecule has 2 aromatic carbocycles. The maximum absolute atomic E-state index is 11.9. The van der Waals surface area contributed by atoms with Gasteiger partial charge in [-0.1, -0.05) is 0 Å². The Labute approximate surface area is 203 Å². The molecule has 0 saturated carbocycles. The number of aromatic nitrogens is 1. The van der Waals surface area contributed by atoms with Gasteiger partial charge in [0.25, 0.3) is 15.7 Å². The fourth-order valence-corrected chi connectivity index (χ4v) is 3.28. The number of nitro groups is 1. The number of phenolic OH excluding ortho intramolecular Hbond substituents is 1. The van der Waals surface area contributed by atoms with E-state index in [1.165, 1.54) is 42.6 Å². The van der Waals surface area contributed by atoms with Gasteiger partial charge in [0, 0.05) is 12.3 Å². The van der Waals surface area contributed by atoms with E-state index in [9.17, 15) is 23.6 Å². The van der Waals surface area contributed by atoms with Gasteiger partial charge in [0.15, 0.2) is 5.75 Å². The molecule has 0 spiro atoms. The van der Waals surface area contributed by atoms with Crippen LogP contribution >= 0.6 is 10.2 Å². The number of hydrogen-bond donors (Lipinski definition) is 3. The minimum atomic E-state index is -4.05. The summed E-state index contributed by atoms with van der Waals surface area (Å²) >= 11 is 3.35. The summed E-state index contributed by atoms with van der Waals surface area (Å²) in [4.78, 5) is 14.5. The SMILES string of the molecule is NC(N)=NS(=O)(=O)c1ccc(N=Nc2cc([N+](=O)[O-])c3cccnc3c2O)cc1.O.O.O.[Cl][Ni]. The Morgan fingerprint density at radius 1 is 1.09 bits per heavy atom. The number of pyridine rings is 1. The van der Waals surface area contributed by atoms with Gasteiger partial charge in [0.2, 0.25) is 5.96 Å². The number of benzene rings is 2. The van der Waals surface area contributed by atoms with Gasteiger partial charge in [-0.25, -0.2) is 0 Å². The van der Waals surface area contributed by atoms with Crippen LogP contribution in [-0.2, 0) is 24.6 Å². The quantitative estimate of drug-likeness (QED) is 0.0974. The van der Waals surface area contributed by atoms with Gasteiger partial charge in [0.1, 0.15) is 11.2 Å². The van der Waals surface area contributed by atoms with E-state index >= 15 is 0 Å². The molecule has 0 amide bonds. The Morgan fingerprint density at radius 3 is 2.21 bits per heavy atom. The predicted molar refractivity (Wildman–Crippen MR) is 120 cm³/mol. The van der Waals surface area contributed by atoms with Crippen molar-refractivity contribution in [2.75, 3.05) is 0 Å². The summed E-state index contributed by atoms with van der Waals surface area (Å²) in [7, 11) is 0.217. The first kappa shape index (κ1) is 32.7. The van der Waals surface area contributed by atoms with Gasteiger partial charge >= 0.3 is 24.8 Å². The number of aromatic hydroxyl groups is 1. The third-order valence-corrected chi connectivity index (χ3v) is 4.97. The average molecular weight is 564 g/mol. The topological polar surface area (TPSA) is 294 Å². The van der Waals surface area contributed by atoms with Crippen LogP contribution in [0.1, 0.15) is 0 Å². The van der Waals surface area contributed by atoms with Gasteiger partial charge in [0.05, 0.1) is 20.9 Å². The van der Waals surface area contributed by atoms with E-state index < -0.39 is 20.9 Å². The molecule has 3 rings (SSSR count). The van der Waals surface area contributed by atoms with Crippen molar-refractivity contribution in [1.82, 2.24) is 4.98 Å². The summed E-state index contributed by atoms with van der Waals surface area (Å²) in [6, 6.07) is 9.10. The molecule has 0 radical (unpaired) electrons. The van der Waals surface area contributed by atoms with Crippen LogP contribution in [0.15, 0.2) is 68.2 Å². The molecule has 15 nitrogen and oxygen atoms in total. The Kier molecular flexibility index (Phi) is 13.4. The van der Waals surface area contributed by atoms with E-state index in [0.717, 1.165) is 6.07 Å². The number of phenols is 1. The molecule has 189 valence electrons. The first-order valence-corrected chi connectivity index (χ1v) is 10.7. The molecular weight excluding hydrogens is 544 g/mol. The Bertz CT molecular complexity index is 1290. The van der Waals surface area contributed by atoms with Crippen molar-refractivity contribution >= 4 is 54.1 Å². The van der Waals surface area contributed by atoms with Gasteiger partial charge < -0.3 is 33.0 Å². The number of nitrogens with zero attached hydrogens (tertiary/aromatic N) is 5. The molecule has 0 bridgehead atoms. The molecule has 0 aliphatic rings. The van der Waals surface area contributed by atoms with Crippen LogP contribution in [0.5, 0.6) is 5.75 Å². The first-order chi connectivity index (χ1) is 14.7. The van der Waals surface area contributed by atoms with Crippen molar-refractivity contribution in [3.63, 3.8) is 0 Å². The van der Waals surface area contributed by atoms with Crippen LogP contribution in [0.2, 0.25) is 0 Å². The molecular formula is C16H19ClN7NiO8S. The van der Waals surface area contributed by atoms with Crippen molar-refractivity contribution in [3.8, 4) is 5.75 Å². The van der Waals surface area contributed by atoms with Crippen LogP contribution in [0.25, 0.3) is 10.9 Å². The third-order valence-electron chi connectivity index (χ3n) is 3.65. The molecule has 11 N–H and O–H groups in total. The van der Waals surface area contributed by atoms with E-state index in [2.05, 4.69) is 44.4 Å². The molecule has 1 aromatic heterocycles. The van der Waals surface area contributed by atoms with Crippen molar-refractivity contribution in [1.29, 1.82) is 0 Å². The average Bonchev–Trinajstić information content (AvgIpc) is 2.74. The number of hydrogen-bond acceptors (Lipinski definition) is 8. The minimum absolute atomic E-state index is 0. The van der Waals surface area contributed by atoms with E-state index in [1.807, 2.05) is 0 Å². The molecule has 0 fully saturated rings. The Balaban J connectivity index is 0. The van der Waals surface area contributed by atoms with Crippen molar-refractivity contribution < 1.29 is 49.4 Å². The first-order valence-electron chi connectivity index (χ1n) is 7.94. The standard InChI is InChI=1S/C16H13N7O5S.ClH.Ni.3H2O/c17-16(18)22-29(27,28)10-5-3-9(4-6-10)20-21-12-8-13(23(25)26)11-2-1-7-19-14(11)15(12)24;;;;;/h1-8,24H,(H4,17,18,22);1H;;3*1H2/q;;+1;;;/p-1. The number of rotatable bonds is 5. The summed E-state index contributed by atoms with van der Waals surface area (Å²) in [5.41, 5.74) is 9.93. The van der Waals surface area contributed by atoms with E-state index in [0.29, 0.717) is 0 Å². The van der Waals surface area contributed by atoms with Gasteiger partial charge in [-0.05, 0) is 36.4 Å². The second-order valence-corrected chi connectivity index (χ2v) is 7.21. The molecule has 3 aromatic rings. The molecule has 0 atom stereocenters. The molecule has 18 heteroatoms. The van der Waals surface area contributed by atoms with Gasteiger partial charge in [-0.15, -0.1) is 9.51 Å². The number of fused-ring (bicyclic) bond motifs is 1. The van der Waals surface area contributed by atoms with E-state index in [4.69, 9.17) is 11.5 Å². The number of sulfonamides is 1. The second kappa shape index (κ2) is 13.9. The summed E-state index contributed by atoms with van der Waals surface area (Å²) in [6.45, 7) is 0. The van der Waals surface area contributed by atoms with Crippen molar-refractivity contribution in [3.05, 3.63) is 58.8 Å². The summed E-state index contributed by atoms with van der Waals surface area (Å²) in [6.07, 6.45) is 1.38. The van der Waals surface area contributed by atoms with Crippen molar-refractivity contribution in [2.24, 2.45) is 26.1 Å². The van der Waals surface area contributed by atoms with Crippen LogP contribution in [-0.4, -0.2) is 45.8 Å². The number of nitro benzene ring substituents is 1. The van der Waals surface area contributed by atoms with E-state index in [1.54, 1.807) is 0 Å². The fraction of sp³-hybridized carbons (Fsp3) is 0. The number of nitrogens with two attached hydrogens (primary N) is 2. The Hall–Kier alpha value is -3.47. The van der Waals surface area contributed by atoms with Gasteiger partial charge in [-0.2, -0.15) is 13.5 Å². The number of guanidine groups is 1. The van der Waals surface area contributed by atoms with Crippen LogP contribution in [0, 0.1) is 10.1 Å². The van der Waals surface area contributed by atoms with Crippen LogP contribution in [0.4, 0.5) is 17.1 Å². The number of halogens is 1.